The normalized spacial score (nSPS) is 24.7. The molecule has 1 aliphatic carbocycles. The molecular weight excluding hydrogens is 304 g/mol. The molecule has 0 radical (unpaired) electrons. The third-order valence-electron chi connectivity index (χ3n) is 5.23. The second kappa shape index (κ2) is 6.75. The SMILES string of the molecule is Cc1ccc(CNC(=O)C(C)N2C(=O)C3CCCCC3C2=O)cc1. The van der Waals surface area contributed by atoms with E-state index in [0.29, 0.717) is 6.54 Å². The van der Waals surface area contributed by atoms with Crippen LogP contribution in [0.5, 0.6) is 0 Å². The van der Waals surface area contributed by atoms with E-state index in [1.54, 1.807) is 6.92 Å². The highest BCUT2D eigenvalue weighted by molar-refractivity contribution is 6.08. The third-order valence-corrected chi connectivity index (χ3v) is 5.23. The Morgan fingerprint density at radius 1 is 1.12 bits per heavy atom. The Hall–Kier alpha value is -2.17. The van der Waals surface area contributed by atoms with Crippen LogP contribution in [0.4, 0.5) is 0 Å². The van der Waals surface area contributed by atoms with Crippen LogP contribution >= 0.6 is 0 Å². The van der Waals surface area contributed by atoms with Gasteiger partial charge in [-0.2, -0.15) is 0 Å². The first-order valence-electron chi connectivity index (χ1n) is 8.69. The standard InChI is InChI=1S/C19H24N2O3/c1-12-7-9-14(10-8-12)11-20-17(22)13(2)21-18(23)15-5-3-4-6-16(15)19(21)24/h7-10,13,15-16H,3-6,11H2,1-2H3,(H,20,22). The Bertz CT molecular complexity index is 629. The molecule has 0 aromatic heterocycles. The fourth-order valence-corrected chi connectivity index (χ4v) is 3.73. The quantitative estimate of drug-likeness (QED) is 0.862. The number of fused-ring (bicyclic) bond motifs is 1. The van der Waals surface area contributed by atoms with Gasteiger partial charge in [0, 0.05) is 6.54 Å². The number of carbonyl (C=O) groups excluding carboxylic acids is 3. The van der Waals surface area contributed by atoms with Gasteiger partial charge in [-0.1, -0.05) is 42.7 Å². The largest absolute Gasteiger partial charge is 0.350 e. The molecule has 1 aliphatic heterocycles. The lowest BCUT2D eigenvalue weighted by Crippen LogP contribution is -2.48. The van der Waals surface area contributed by atoms with Crippen LogP contribution < -0.4 is 5.32 Å². The molecule has 3 atom stereocenters. The molecule has 1 saturated heterocycles. The highest BCUT2D eigenvalue weighted by Crippen LogP contribution is 2.38. The highest BCUT2D eigenvalue weighted by Gasteiger charge is 2.50. The highest BCUT2D eigenvalue weighted by atomic mass is 16.2. The average Bonchev–Trinajstić information content (AvgIpc) is 2.85. The lowest BCUT2D eigenvalue weighted by Gasteiger charge is -2.22. The van der Waals surface area contributed by atoms with Gasteiger partial charge in [-0.3, -0.25) is 19.3 Å². The average molecular weight is 328 g/mol. The third kappa shape index (κ3) is 3.07. The number of benzene rings is 1. The molecule has 0 spiro atoms. The Labute approximate surface area is 142 Å². The van der Waals surface area contributed by atoms with Crippen molar-refractivity contribution in [3.05, 3.63) is 35.4 Å². The summed E-state index contributed by atoms with van der Waals surface area (Å²) in [4.78, 5) is 38.7. The van der Waals surface area contributed by atoms with E-state index < -0.39 is 6.04 Å². The second-order valence-corrected chi connectivity index (χ2v) is 6.92. The molecule has 5 nitrogen and oxygen atoms in total. The number of amides is 3. The lowest BCUT2D eigenvalue weighted by molar-refractivity contribution is -0.147. The van der Waals surface area contributed by atoms with E-state index in [1.165, 1.54) is 4.90 Å². The van der Waals surface area contributed by atoms with Crippen molar-refractivity contribution in [2.75, 3.05) is 0 Å². The first kappa shape index (κ1) is 16.7. The van der Waals surface area contributed by atoms with Gasteiger partial charge >= 0.3 is 0 Å². The molecule has 3 rings (SSSR count). The van der Waals surface area contributed by atoms with Crippen molar-refractivity contribution < 1.29 is 14.4 Å². The van der Waals surface area contributed by atoms with E-state index >= 15 is 0 Å². The number of imide groups is 1. The number of nitrogens with one attached hydrogen (secondary N) is 1. The van der Waals surface area contributed by atoms with Crippen molar-refractivity contribution in [3.8, 4) is 0 Å². The van der Waals surface area contributed by atoms with Crippen LogP contribution in [0.1, 0.15) is 43.7 Å². The molecule has 2 fully saturated rings. The molecule has 1 aromatic rings. The molecule has 0 bridgehead atoms. The molecular formula is C19H24N2O3. The summed E-state index contributed by atoms with van der Waals surface area (Å²) in [5.41, 5.74) is 2.16. The molecule has 1 heterocycles. The van der Waals surface area contributed by atoms with Gasteiger partial charge in [0.05, 0.1) is 11.8 Å². The van der Waals surface area contributed by atoms with E-state index in [9.17, 15) is 14.4 Å². The molecule has 1 N–H and O–H groups in total. The molecule has 5 heteroatoms. The van der Waals surface area contributed by atoms with E-state index in [2.05, 4.69) is 5.32 Å². The number of hydrogen-bond donors (Lipinski definition) is 1. The maximum atomic E-state index is 12.5. The van der Waals surface area contributed by atoms with Gasteiger partial charge in [-0.15, -0.1) is 0 Å². The van der Waals surface area contributed by atoms with Gasteiger partial charge < -0.3 is 5.32 Å². The molecule has 128 valence electrons. The van der Waals surface area contributed by atoms with Crippen molar-refractivity contribution in [2.24, 2.45) is 11.8 Å². The first-order chi connectivity index (χ1) is 11.5. The van der Waals surface area contributed by atoms with Crippen LogP contribution in [-0.4, -0.2) is 28.7 Å². The number of nitrogens with zero attached hydrogens (tertiary/aromatic N) is 1. The minimum atomic E-state index is -0.749. The van der Waals surface area contributed by atoms with Gasteiger partial charge in [-0.05, 0) is 32.3 Å². The van der Waals surface area contributed by atoms with Crippen molar-refractivity contribution in [3.63, 3.8) is 0 Å². The Morgan fingerprint density at radius 3 is 2.21 bits per heavy atom. The van der Waals surface area contributed by atoms with Crippen molar-refractivity contribution in [1.29, 1.82) is 0 Å². The zero-order valence-electron chi connectivity index (χ0n) is 14.2. The van der Waals surface area contributed by atoms with Crippen LogP contribution in [0.15, 0.2) is 24.3 Å². The van der Waals surface area contributed by atoms with Gasteiger partial charge in [0.15, 0.2) is 0 Å². The number of aryl methyl sites for hydroxylation is 1. The maximum Gasteiger partial charge on any atom is 0.243 e. The van der Waals surface area contributed by atoms with Crippen molar-refractivity contribution in [1.82, 2.24) is 10.2 Å². The van der Waals surface area contributed by atoms with E-state index in [-0.39, 0.29) is 29.6 Å². The summed E-state index contributed by atoms with van der Waals surface area (Å²) in [7, 11) is 0. The summed E-state index contributed by atoms with van der Waals surface area (Å²) < 4.78 is 0. The summed E-state index contributed by atoms with van der Waals surface area (Å²) >= 11 is 0. The number of hydrogen-bond acceptors (Lipinski definition) is 3. The monoisotopic (exact) mass is 328 g/mol. The van der Waals surface area contributed by atoms with Gasteiger partial charge in [-0.25, -0.2) is 0 Å². The topological polar surface area (TPSA) is 66.5 Å². The lowest BCUT2D eigenvalue weighted by atomic mass is 9.81. The number of likely N-dealkylation sites (tertiary alicyclic amines) is 1. The van der Waals surface area contributed by atoms with Gasteiger partial charge in [0.2, 0.25) is 17.7 Å². The predicted octanol–water partition coefficient (Wildman–Crippen LogP) is 2.17. The fraction of sp³-hybridized carbons (Fsp3) is 0.526. The molecule has 3 unspecified atom stereocenters. The van der Waals surface area contributed by atoms with E-state index in [4.69, 9.17) is 0 Å². The second-order valence-electron chi connectivity index (χ2n) is 6.92. The zero-order chi connectivity index (χ0) is 17.3. The number of carbonyl (C=O) groups is 3. The number of rotatable bonds is 4. The first-order valence-corrected chi connectivity index (χ1v) is 8.69. The van der Waals surface area contributed by atoms with Crippen LogP contribution in [-0.2, 0) is 20.9 Å². The Kier molecular flexibility index (Phi) is 4.69. The van der Waals surface area contributed by atoms with Crippen LogP contribution in [0.25, 0.3) is 0 Å². The molecule has 1 saturated carbocycles. The molecule has 1 aromatic carbocycles. The molecule has 2 aliphatic rings. The maximum absolute atomic E-state index is 12.5. The summed E-state index contributed by atoms with van der Waals surface area (Å²) in [6.45, 7) is 4.04. The summed E-state index contributed by atoms with van der Waals surface area (Å²) in [5, 5.41) is 2.83. The van der Waals surface area contributed by atoms with Gasteiger partial charge in [0.25, 0.3) is 0 Å². The van der Waals surface area contributed by atoms with Crippen LogP contribution in [0.3, 0.4) is 0 Å². The predicted molar refractivity (Wildman–Crippen MR) is 89.8 cm³/mol. The van der Waals surface area contributed by atoms with Crippen molar-refractivity contribution in [2.45, 2.75) is 52.1 Å². The molecule has 24 heavy (non-hydrogen) atoms. The smallest absolute Gasteiger partial charge is 0.243 e. The summed E-state index contributed by atoms with van der Waals surface area (Å²) in [6.07, 6.45) is 3.51. The van der Waals surface area contributed by atoms with Gasteiger partial charge in [0.1, 0.15) is 6.04 Å². The summed E-state index contributed by atoms with van der Waals surface area (Å²) in [6, 6.07) is 7.15. The minimum Gasteiger partial charge on any atom is -0.350 e. The van der Waals surface area contributed by atoms with Crippen LogP contribution in [0.2, 0.25) is 0 Å². The zero-order valence-corrected chi connectivity index (χ0v) is 14.2. The minimum absolute atomic E-state index is 0.164. The Morgan fingerprint density at radius 2 is 1.67 bits per heavy atom. The van der Waals surface area contributed by atoms with Crippen molar-refractivity contribution >= 4 is 17.7 Å². The fourth-order valence-electron chi connectivity index (χ4n) is 3.73. The van der Waals surface area contributed by atoms with E-state index in [0.717, 1.165) is 36.8 Å². The molecule has 3 amide bonds. The Balaban J connectivity index is 1.63. The van der Waals surface area contributed by atoms with Crippen LogP contribution in [0, 0.1) is 18.8 Å². The van der Waals surface area contributed by atoms with E-state index in [1.807, 2.05) is 31.2 Å². The summed E-state index contributed by atoms with van der Waals surface area (Å²) in [5.74, 6) is -1.03.